The first-order valence-corrected chi connectivity index (χ1v) is 9.69. The van der Waals surface area contributed by atoms with E-state index in [4.69, 9.17) is 6.42 Å². The summed E-state index contributed by atoms with van der Waals surface area (Å²) in [4.78, 5) is 23.9. The van der Waals surface area contributed by atoms with Gasteiger partial charge >= 0.3 is 12.2 Å². The molecule has 6 nitrogen and oxygen atoms in total. The van der Waals surface area contributed by atoms with Gasteiger partial charge in [0.05, 0.1) is 11.3 Å². The Morgan fingerprint density at radius 3 is 2.81 bits per heavy atom. The van der Waals surface area contributed by atoms with Gasteiger partial charge in [-0.15, -0.1) is 0 Å². The minimum atomic E-state index is -4.50. The summed E-state index contributed by atoms with van der Waals surface area (Å²) in [7, 11) is 0. The van der Waals surface area contributed by atoms with Gasteiger partial charge in [0.1, 0.15) is 5.82 Å². The predicted molar refractivity (Wildman–Crippen MR) is 113 cm³/mol. The summed E-state index contributed by atoms with van der Waals surface area (Å²) < 4.78 is 40.0. The van der Waals surface area contributed by atoms with Gasteiger partial charge in [0.2, 0.25) is 0 Å². The van der Waals surface area contributed by atoms with E-state index >= 15 is 0 Å². The van der Waals surface area contributed by atoms with Gasteiger partial charge in [0.25, 0.3) is 0 Å². The van der Waals surface area contributed by atoms with Crippen LogP contribution >= 0.6 is 0 Å². The lowest BCUT2D eigenvalue weighted by molar-refractivity contribution is -0.137. The molecule has 0 saturated carbocycles. The number of allylic oxidation sites excluding steroid dienone is 5. The topological polar surface area (TPSA) is 60.8 Å². The van der Waals surface area contributed by atoms with Crippen molar-refractivity contribution in [1.29, 1.82) is 0 Å². The quantitative estimate of drug-likeness (QED) is 0.729. The van der Waals surface area contributed by atoms with Gasteiger partial charge in [-0.2, -0.15) is 18.2 Å². The van der Waals surface area contributed by atoms with E-state index in [9.17, 15) is 18.0 Å². The number of aliphatic imine (C=N–C) groups is 1. The molecule has 1 N–H and O–H groups in total. The molecule has 2 heterocycles. The largest absolute Gasteiger partial charge is 0.419 e. The number of rotatable bonds is 2. The molecule has 0 spiro atoms. The third-order valence-corrected chi connectivity index (χ3v) is 5.06. The number of anilines is 1. The van der Waals surface area contributed by atoms with Gasteiger partial charge in [-0.05, 0) is 43.7 Å². The van der Waals surface area contributed by atoms with Crippen LogP contribution in [0.4, 0.5) is 23.8 Å². The number of halogens is 3. The first-order valence-electron chi connectivity index (χ1n) is 9.69. The Morgan fingerprint density at radius 2 is 2.16 bits per heavy atom. The summed E-state index contributed by atoms with van der Waals surface area (Å²) in [5.41, 5.74) is 1.16. The monoisotopic (exact) mass is 429 g/mol. The van der Waals surface area contributed by atoms with E-state index in [0.717, 1.165) is 11.6 Å². The molecule has 2 amide bonds. The second-order valence-electron chi connectivity index (χ2n) is 7.09. The van der Waals surface area contributed by atoms with Gasteiger partial charge in [0.15, 0.2) is 0 Å². The van der Waals surface area contributed by atoms with E-state index in [1.165, 1.54) is 12.3 Å². The van der Waals surface area contributed by atoms with Crippen molar-refractivity contribution in [2.75, 3.05) is 24.5 Å². The fourth-order valence-corrected chi connectivity index (χ4v) is 3.55. The van der Waals surface area contributed by atoms with Crippen molar-refractivity contribution in [2.45, 2.75) is 26.1 Å². The van der Waals surface area contributed by atoms with Gasteiger partial charge in [-0.1, -0.05) is 18.6 Å². The molecule has 2 aliphatic rings. The summed E-state index contributed by atoms with van der Waals surface area (Å²) >= 11 is 0. The molecule has 31 heavy (non-hydrogen) atoms. The zero-order valence-electron chi connectivity index (χ0n) is 17.1. The lowest BCUT2D eigenvalue weighted by Crippen LogP contribution is -2.56. The highest BCUT2D eigenvalue weighted by Crippen LogP contribution is 2.35. The highest BCUT2D eigenvalue weighted by Gasteiger charge is 2.37. The highest BCUT2D eigenvalue weighted by atomic mass is 19.4. The van der Waals surface area contributed by atoms with Gasteiger partial charge < -0.3 is 15.1 Å². The standard InChI is InChI=1S/C22H22F3N5O/c1-4-16-8-9-17(13-19(16)26-5-2)28-21(31)30-12-11-29(14-15(30)3)20-18(22(23,24)25)7-6-10-27-20/h2,4,6-10,13,15H,11-12,14H2,1,3H3,(H,28,31)/b16-4-,26-19?/t15-/m1/s1. The molecule has 1 aliphatic heterocycles. The Morgan fingerprint density at radius 1 is 1.39 bits per heavy atom. The zero-order chi connectivity index (χ0) is 22.6. The van der Waals surface area contributed by atoms with Crippen LogP contribution < -0.4 is 10.2 Å². The Balaban J connectivity index is 1.70. The molecule has 0 bridgehead atoms. The van der Waals surface area contributed by atoms with E-state index < -0.39 is 11.7 Å². The van der Waals surface area contributed by atoms with E-state index in [-0.39, 0.29) is 37.5 Å². The van der Waals surface area contributed by atoms with Crippen molar-refractivity contribution in [1.82, 2.24) is 15.2 Å². The number of carbonyl (C=O) groups excluding carboxylic acids is 1. The number of alkyl halides is 3. The molecule has 1 atom stereocenters. The molecule has 162 valence electrons. The minimum Gasteiger partial charge on any atom is -0.352 e. The fourth-order valence-electron chi connectivity index (χ4n) is 3.55. The van der Waals surface area contributed by atoms with Crippen molar-refractivity contribution >= 4 is 17.6 Å². The summed E-state index contributed by atoms with van der Waals surface area (Å²) in [6.45, 7) is 4.36. The lowest BCUT2D eigenvalue weighted by Gasteiger charge is -2.41. The first kappa shape index (κ1) is 22.2. The molecule has 3 rings (SSSR count). The molecule has 0 radical (unpaired) electrons. The van der Waals surface area contributed by atoms with E-state index in [2.05, 4.69) is 21.3 Å². The van der Waals surface area contributed by atoms with E-state index in [1.807, 2.05) is 13.0 Å². The van der Waals surface area contributed by atoms with Crippen molar-refractivity contribution < 1.29 is 18.0 Å². The zero-order valence-corrected chi connectivity index (χ0v) is 17.1. The Hall–Kier alpha value is -3.54. The molecule has 1 aromatic rings. The fraction of sp³-hybridized carbons (Fsp3) is 0.318. The van der Waals surface area contributed by atoms with Crippen LogP contribution in [-0.4, -0.2) is 47.3 Å². The summed E-state index contributed by atoms with van der Waals surface area (Å²) in [5, 5.41) is 2.81. The normalized spacial score (nSPS) is 21.8. The number of urea groups is 1. The number of hydrogen-bond acceptors (Lipinski definition) is 4. The number of terminal acetylenes is 1. The van der Waals surface area contributed by atoms with E-state index in [0.29, 0.717) is 11.4 Å². The van der Waals surface area contributed by atoms with E-state index in [1.54, 1.807) is 35.0 Å². The lowest BCUT2D eigenvalue weighted by atomic mass is 10.0. The second kappa shape index (κ2) is 9.08. The second-order valence-corrected chi connectivity index (χ2v) is 7.09. The minimum absolute atomic E-state index is 0.117. The van der Waals surface area contributed by atoms with Gasteiger partial charge in [-0.3, -0.25) is 0 Å². The Bertz CT molecular complexity index is 1020. The molecule has 1 aliphatic carbocycles. The molecule has 9 heteroatoms. The number of hydrogen-bond donors (Lipinski definition) is 1. The summed E-state index contributed by atoms with van der Waals surface area (Å²) in [6, 6.07) is 3.85. The van der Waals surface area contributed by atoms with Crippen molar-refractivity contribution in [3.8, 4) is 12.5 Å². The maximum Gasteiger partial charge on any atom is 0.419 e. The number of nitrogens with one attached hydrogen (secondary N) is 1. The van der Waals surface area contributed by atoms with Crippen LogP contribution in [0.5, 0.6) is 0 Å². The number of pyridine rings is 1. The smallest absolute Gasteiger partial charge is 0.352 e. The maximum absolute atomic E-state index is 13.3. The van der Waals surface area contributed by atoms with Crippen molar-refractivity contribution in [3.63, 3.8) is 0 Å². The Labute approximate surface area is 178 Å². The molecule has 1 aromatic heterocycles. The third kappa shape index (κ3) is 4.97. The molecule has 1 saturated heterocycles. The number of amides is 2. The van der Waals surface area contributed by atoms with Crippen LogP contribution in [0.3, 0.4) is 0 Å². The number of piperazine rings is 1. The molecule has 0 unspecified atom stereocenters. The summed E-state index contributed by atoms with van der Waals surface area (Å²) in [5.74, 6) is -0.117. The predicted octanol–water partition coefficient (Wildman–Crippen LogP) is 3.75. The molecular weight excluding hydrogens is 407 g/mol. The number of aromatic nitrogens is 1. The highest BCUT2D eigenvalue weighted by molar-refractivity contribution is 6.12. The average Bonchev–Trinajstić information content (AvgIpc) is 2.73. The van der Waals surface area contributed by atoms with Crippen LogP contribution in [0.25, 0.3) is 0 Å². The number of nitrogens with zero attached hydrogens (tertiary/aromatic N) is 4. The number of carbonyl (C=O) groups is 1. The van der Waals surface area contributed by atoms with Gasteiger partial charge in [-0.25, -0.2) is 9.78 Å². The third-order valence-electron chi connectivity index (χ3n) is 5.06. The molecule has 1 fully saturated rings. The first-order chi connectivity index (χ1) is 14.7. The summed E-state index contributed by atoms with van der Waals surface area (Å²) in [6.07, 6.45) is 9.18. The SMILES string of the molecule is C#CN=C1C=C(NC(=O)N2CCN(c3ncccc3C(F)(F)F)C[C@H]2C)C=C/C1=C/C. The van der Waals surface area contributed by atoms with Crippen LogP contribution in [0.15, 0.2) is 58.9 Å². The Kier molecular flexibility index (Phi) is 6.49. The van der Waals surface area contributed by atoms with Crippen molar-refractivity contribution in [3.05, 3.63) is 59.5 Å². The van der Waals surface area contributed by atoms with Crippen molar-refractivity contribution in [2.24, 2.45) is 4.99 Å². The molecular formula is C22H22F3N5O. The van der Waals surface area contributed by atoms with Crippen LogP contribution in [0.1, 0.15) is 19.4 Å². The molecule has 0 aromatic carbocycles. The van der Waals surface area contributed by atoms with Crippen LogP contribution in [0.2, 0.25) is 0 Å². The average molecular weight is 429 g/mol. The van der Waals surface area contributed by atoms with Gasteiger partial charge in [0, 0.05) is 43.6 Å². The van der Waals surface area contributed by atoms with Crippen LogP contribution in [-0.2, 0) is 6.18 Å². The maximum atomic E-state index is 13.3. The van der Waals surface area contributed by atoms with Crippen LogP contribution in [0, 0.1) is 12.5 Å².